The lowest BCUT2D eigenvalue weighted by molar-refractivity contribution is -0.144. The first-order valence-corrected chi connectivity index (χ1v) is 7.38. The number of likely N-dealkylation sites (N-methyl/N-ethyl adjacent to an activating group) is 1. The van der Waals surface area contributed by atoms with E-state index >= 15 is 0 Å². The van der Waals surface area contributed by atoms with Crippen molar-refractivity contribution in [3.63, 3.8) is 0 Å². The van der Waals surface area contributed by atoms with Gasteiger partial charge >= 0.3 is 5.97 Å². The maximum atomic E-state index is 12.1. The summed E-state index contributed by atoms with van der Waals surface area (Å²) in [6.07, 6.45) is 1.89. The smallest absolute Gasteiger partial charge is 0.325 e. The van der Waals surface area contributed by atoms with E-state index in [1.165, 1.54) is 4.90 Å². The number of rotatable bonds is 7. The van der Waals surface area contributed by atoms with E-state index in [0.29, 0.717) is 18.1 Å². The number of amides is 1. The van der Waals surface area contributed by atoms with Gasteiger partial charge in [-0.25, -0.2) is 0 Å². The fraction of sp³-hybridized carbons (Fsp3) is 0.529. The van der Waals surface area contributed by atoms with Gasteiger partial charge < -0.3 is 9.64 Å². The monoisotopic (exact) mass is 291 g/mol. The van der Waals surface area contributed by atoms with Crippen LogP contribution >= 0.6 is 0 Å². The fourth-order valence-corrected chi connectivity index (χ4v) is 1.91. The minimum absolute atomic E-state index is 0.0195. The molecule has 116 valence electrons. The molecule has 1 rings (SSSR count). The Kier molecular flexibility index (Phi) is 6.92. The van der Waals surface area contributed by atoms with Crippen LogP contribution in [0.4, 0.5) is 0 Å². The predicted octanol–water partition coefficient (Wildman–Crippen LogP) is 3.05. The van der Waals surface area contributed by atoms with Crippen LogP contribution in [0.1, 0.15) is 42.6 Å². The molecule has 0 heterocycles. The Morgan fingerprint density at radius 2 is 1.81 bits per heavy atom. The van der Waals surface area contributed by atoms with Gasteiger partial charge in [0.05, 0.1) is 6.61 Å². The first-order chi connectivity index (χ1) is 9.90. The summed E-state index contributed by atoms with van der Waals surface area (Å²) >= 11 is 0. The van der Waals surface area contributed by atoms with Crippen molar-refractivity contribution >= 4 is 11.9 Å². The molecule has 21 heavy (non-hydrogen) atoms. The number of hydrogen-bond donors (Lipinski definition) is 0. The van der Waals surface area contributed by atoms with E-state index in [-0.39, 0.29) is 18.4 Å². The lowest BCUT2D eigenvalue weighted by Gasteiger charge is -2.16. The van der Waals surface area contributed by atoms with Crippen molar-refractivity contribution in [2.75, 3.05) is 20.2 Å². The molecule has 1 aromatic carbocycles. The van der Waals surface area contributed by atoms with Crippen molar-refractivity contribution in [3.05, 3.63) is 35.4 Å². The maximum absolute atomic E-state index is 12.1. The predicted molar refractivity (Wildman–Crippen MR) is 83.2 cm³/mol. The van der Waals surface area contributed by atoms with E-state index in [1.54, 1.807) is 19.2 Å². The van der Waals surface area contributed by atoms with Gasteiger partial charge in [-0.3, -0.25) is 9.59 Å². The van der Waals surface area contributed by atoms with Gasteiger partial charge in [0.2, 0.25) is 0 Å². The van der Waals surface area contributed by atoms with E-state index in [2.05, 4.69) is 13.8 Å². The van der Waals surface area contributed by atoms with E-state index in [0.717, 1.165) is 18.4 Å². The second-order valence-corrected chi connectivity index (χ2v) is 5.78. The topological polar surface area (TPSA) is 46.6 Å². The van der Waals surface area contributed by atoms with Crippen LogP contribution in [0, 0.1) is 12.8 Å². The number of carbonyl (C=O) groups excluding carboxylic acids is 2. The molecule has 0 fully saturated rings. The van der Waals surface area contributed by atoms with Gasteiger partial charge in [-0.15, -0.1) is 0 Å². The van der Waals surface area contributed by atoms with E-state index < -0.39 is 0 Å². The van der Waals surface area contributed by atoms with Gasteiger partial charge in [0.1, 0.15) is 6.54 Å². The molecule has 0 N–H and O–H groups in total. The van der Waals surface area contributed by atoms with Crippen molar-refractivity contribution in [3.8, 4) is 0 Å². The third-order valence-corrected chi connectivity index (χ3v) is 3.20. The van der Waals surface area contributed by atoms with Gasteiger partial charge in [-0.1, -0.05) is 31.5 Å². The number of aryl methyl sites for hydroxylation is 1. The van der Waals surface area contributed by atoms with Crippen molar-refractivity contribution in [1.82, 2.24) is 4.90 Å². The molecule has 0 aliphatic heterocycles. The number of esters is 1. The Bertz CT molecular complexity index is 465. The molecule has 0 spiro atoms. The van der Waals surface area contributed by atoms with Crippen LogP contribution in [-0.2, 0) is 9.53 Å². The highest BCUT2D eigenvalue weighted by Gasteiger charge is 2.15. The number of ether oxygens (including phenoxy) is 1. The van der Waals surface area contributed by atoms with Crippen molar-refractivity contribution in [1.29, 1.82) is 0 Å². The molecule has 0 saturated carbocycles. The zero-order chi connectivity index (χ0) is 15.8. The van der Waals surface area contributed by atoms with Crippen LogP contribution in [0.3, 0.4) is 0 Å². The molecule has 0 bridgehead atoms. The van der Waals surface area contributed by atoms with Crippen LogP contribution in [-0.4, -0.2) is 37.0 Å². The molecule has 0 unspecified atom stereocenters. The summed E-state index contributed by atoms with van der Waals surface area (Å²) in [5.41, 5.74) is 1.68. The standard InChI is InChI=1S/C17H25NO3/c1-13(2)6-5-11-21-16(19)12-18(4)17(20)15-9-7-14(3)8-10-15/h7-10,13H,5-6,11-12H2,1-4H3. The lowest BCUT2D eigenvalue weighted by atomic mass is 10.1. The zero-order valence-electron chi connectivity index (χ0n) is 13.4. The molecule has 1 amide bonds. The van der Waals surface area contributed by atoms with E-state index in [4.69, 9.17) is 4.74 Å². The third kappa shape index (κ3) is 6.43. The summed E-state index contributed by atoms with van der Waals surface area (Å²) in [7, 11) is 1.61. The summed E-state index contributed by atoms with van der Waals surface area (Å²) in [6.45, 7) is 6.64. The van der Waals surface area contributed by atoms with Crippen LogP contribution < -0.4 is 0 Å². The number of hydrogen-bond acceptors (Lipinski definition) is 3. The number of benzene rings is 1. The number of nitrogens with zero attached hydrogens (tertiary/aromatic N) is 1. The number of carbonyl (C=O) groups is 2. The van der Waals surface area contributed by atoms with Crippen molar-refractivity contribution in [2.45, 2.75) is 33.6 Å². The van der Waals surface area contributed by atoms with Crippen LogP contribution in [0.2, 0.25) is 0 Å². The van der Waals surface area contributed by atoms with Crippen molar-refractivity contribution in [2.24, 2.45) is 5.92 Å². The van der Waals surface area contributed by atoms with E-state index in [1.807, 2.05) is 19.1 Å². The molecule has 0 aliphatic carbocycles. The summed E-state index contributed by atoms with van der Waals surface area (Å²) < 4.78 is 5.14. The third-order valence-electron chi connectivity index (χ3n) is 3.20. The minimum Gasteiger partial charge on any atom is -0.464 e. The maximum Gasteiger partial charge on any atom is 0.325 e. The highest BCUT2D eigenvalue weighted by atomic mass is 16.5. The Balaban J connectivity index is 2.38. The fourth-order valence-electron chi connectivity index (χ4n) is 1.91. The first kappa shape index (κ1) is 17.2. The highest BCUT2D eigenvalue weighted by molar-refractivity contribution is 5.95. The summed E-state index contributed by atoms with van der Waals surface area (Å²) in [6, 6.07) is 7.29. The zero-order valence-corrected chi connectivity index (χ0v) is 13.4. The van der Waals surface area contributed by atoms with Crippen LogP contribution in [0.5, 0.6) is 0 Å². The molecule has 0 atom stereocenters. The molecule has 4 nitrogen and oxygen atoms in total. The molecular formula is C17H25NO3. The molecule has 0 aliphatic rings. The quantitative estimate of drug-likeness (QED) is 0.573. The van der Waals surface area contributed by atoms with Crippen molar-refractivity contribution < 1.29 is 14.3 Å². The summed E-state index contributed by atoms with van der Waals surface area (Å²) in [5.74, 6) is 0.0744. The largest absolute Gasteiger partial charge is 0.464 e. The molecular weight excluding hydrogens is 266 g/mol. The van der Waals surface area contributed by atoms with Gasteiger partial charge in [-0.05, 0) is 37.8 Å². The van der Waals surface area contributed by atoms with Gasteiger partial charge in [0, 0.05) is 12.6 Å². The normalized spacial score (nSPS) is 10.5. The first-order valence-electron chi connectivity index (χ1n) is 7.38. The van der Waals surface area contributed by atoms with E-state index in [9.17, 15) is 9.59 Å². The minimum atomic E-state index is -0.360. The second kappa shape index (κ2) is 8.45. The van der Waals surface area contributed by atoms with Gasteiger partial charge in [-0.2, -0.15) is 0 Å². The average Bonchev–Trinajstić information content (AvgIpc) is 2.43. The average molecular weight is 291 g/mol. The van der Waals surface area contributed by atoms with Crippen LogP contribution in [0.25, 0.3) is 0 Å². The lowest BCUT2D eigenvalue weighted by Crippen LogP contribution is -2.33. The molecule has 0 radical (unpaired) electrons. The highest BCUT2D eigenvalue weighted by Crippen LogP contribution is 2.07. The Morgan fingerprint density at radius 3 is 2.38 bits per heavy atom. The van der Waals surface area contributed by atoms with Crippen LogP contribution in [0.15, 0.2) is 24.3 Å². The SMILES string of the molecule is Cc1ccc(C(=O)N(C)CC(=O)OCCCC(C)C)cc1. The second-order valence-electron chi connectivity index (χ2n) is 5.78. The molecule has 1 aromatic rings. The Hall–Kier alpha value is -1.84. The molecule has 0 aromatic heterocycles. The Labute approximate surface area is 127 Å². The summed E-state index contributed by atoms with van der Waals surface area (Å²) in [4.78, 5) is 25.2. The Morgan fingerprint density at radius 1 is 1.19 bits per heavy atom. The molecule has 4 heteroatoms. The molecule has 0 saturated heterocycles. The van der Waals surface area contributed by atoms with Gasteiger partial charge in [0.25, 0.3) is 5.91 Å². The van der Waals surface area contributed by atoms with Gasteiger partial charge in [0.15, 0.2) is 0 Å². The summed E-state index contributed by atoms with van der Waals surface area (Å²) in [5, 5.41) is 0.